The van der Waals surface area contributed by atoms with Crippen molar-refractivity contribution in [2.75, 3.05) is 24.5 Å². The van der Waals surface area contributed by atoms with Crippen LogP contribution in [0.2, 0.25) is 10.0 Å². The number of benzene rings is 1. The Morgan fingerprint density at radius 3 is 2.75 bits per heavy atom. The third-order valence-electron chi connectivity index (χ3n) is 3.04. The standard InChI is InChI=1S/C12H16Cl2N2/c1-8-5-11(14)12(6-10(8)13)16-4-3-15-7-9(16)2/h5-6,9,15H,3-4,7H2,1-2H3. The normalized spacial score (nSPS) is 21.2. The zero-order chi connectivity index (χ0) is 11.7. The lowest BCUT2D eigenvalue weighted by molar-refractivity contribution is 0.501. The predicted molar refractivity (Wildman–Crippen MR) is 70.9 cm³/mol. The molecule has 4 heteroatoms. The lowest BCUT2D eigenvalue weighted by atomic mass is 10.1. The molecule has 16 heavy (non-hydrogen) atoms. The summed E-state index contributed by atoms with van der Waals surface area (Å²) in [6, 6.07) is 4.36. The smallest absolute Gasteiger partial charge is 0.0643 e. The van der Waals surface area contributed by atoms with E-state index in [0.717, 1.165) is 40.9 Å². The van der Waals surface area contributed by atoms with Crippen molar-refractivity contribution >= 4 is 28.9 Å². The molecule has 0 aromatic heterocycles. The zero-order valence-corrected chi connectivity index (χ0v) is 11.1. The predicted octanol–water partition coefficient (Wildman–Crippen LogP) is 3.10. The molecule has 0 radical (unpaired) electrons. The number of rotatable bonds is 1. The maximum atomic E-state index is 6.28. The highest BCUT2D eigenvalue weighted by molar-refractivity contribution is 6.35. The second-order valence-corrected chi connectivity index (χ2v) is 5.11. The largest absolute Gasteiger partial charge is 0.365 e. The van der Waals surface area contributed by atoms with Crippen LogP contribution in [0, 0.1) is 6.92 Å². The molecule has 0 amide bonds. The summed E-state index contributed by atoms with van der Waals surface area (Å²) in [4.78, 5) is 2.31. The second-order valence-electron chi connectivity index (χ2n) is 4.30. The van der Waals surface area contributed by atoms with Gasteiger partial charge in [0, 0.05) is 30.7 Å². The van der Waals surface area contributed by atoms with Crippen molar-refractivity contribution in [1.29, 1.82) is 0 Å². The summed E-state index contributed by atoms with van der Waals surface area (Å²) in [5.74, 6) is 0. The van der Waals surface area contributed by atoms with E-state index in [1.165, 1.54) is 0 Å². The van der Waals surface area contributed by atoms with E-state index in [-0.39, 0.29) is 0 Å². The highest BCUT2D eigenvalue weighted by Crippen LogP contribution is 2.32. The molecule has 0 aliphatic carbocycles. The summed E-state index contributed by atoms with van der Waals surface area (Å²) in [6.07, 6.45) is 0. The van der Waals surface area contributed by atoms with Gasteiger partial charge in [-0.3, -0.25) is 0 Å². The number of aryl methyl sites for hydroxylation is 1. The fourth-order valence-corrected chi connectivity index (χ4v) is 2.54. The quantitative estimate of drug-likeness (QED) is 0.833. The third-order valence-corrected chi connectivity index (χ3v) is 3.75. The molecule has 1 heterocycles. The van der Waals surface area contributed by atoms with Crippen LogP contribution in [0.5, 0.6) is 0 Å². The van der Waals surface area contributed by atoms with Crippen LogP contribution in [-0.2, 0) is 0 Å². The number of halogens is 2. The maximum Gasteiger partial charge on any atom is 0.0643 e. The van der Waals surface area contributed by atoms with Crippen molar-refractivity contribution in [3.8, 4) is 0 Å². The molecular weight excluding hydrogens is 243 g/mol. The van der Waals surface area contributed by atoms with Gasteiger partial charge in [0.05, 0.1) is 10.7 Å². The van der Waals surface area contributed by atoms with Gasteiger partial charge in [0.25, 0.3) is 0 Å². The zero-order valence-electron chi connectivity index (χ0n) is 9.56. The summed E-state index contributed by atoms with van der Waals surface area (Å²) in [5, 5.41) is 4.93. The molecule has 1 aliphatic heterocycles. The Hall–Kier alpha value is -0.440. The Bertz CT molecular complexity index is 393. The number of nitrogens with zero attached hydrogens (tertiary/aromatic N) is 1. The van der Waals surface area contributed by atoms with Crippen LogP contribution in [0.1, 0.15) is 12.5 Å². The molecule has 1 aromatic carbocycles. The van der Waals surface area contributed by atoms with E-state index in [0.29, 0.717) is 6.04 Å². The van der Waals surface area contributed by atoms with Crippen LogP contribution in [0.3, 0.4) is 0 Å². The summed E-state index contributed by atoms with van der Waals surface area (Å²) >= 11 is 12.4. The number of piperazine rings is 1. The molecule has 2 nitrogen and oxygen atoms in total. The first-order chi connectivity index (χ1) is 7.59. The van der Waals surface area contributed by atoms with Crippen LogP contribution in [-0.4, -0.2) is 25.7 Å². The van der Waals surface area contributed by atoms with E-state index in [1.54, 1.807) is 0 Å². The molecule has 0 spiro atoms. The van der Waals surface area contributed by atoms with Gasteiger partial charge in [0.2, 0.25) is 0 Å². The topological polar surface area (TPSA) is 15.3 Å². The van der Waals surface area contributed by atoms with E-state index in [9.17, 15) is 0 Å². The minimum absolute atomic E-state index is 0.449. The van der Waals surface area contributed by atoms with Crippen molar-refractivity contribution in [3.63, 3.8) is 0 Å². The molecule has 1 unspecified atom stereocenters. The molecule has 1 atom stereocenters. The average Bonchev–Trinajstić information content (AvgIpc) is 2.25. The molecule has 0 saturated carbocycles. The SMILES string of the molecule is Cc1cc(Cl)c(N2CCNCC2C)cc1Cl. The van der Waals surface area contributed by atoms with Crippen molar-refractivity contribution in [2.45, 2.75) is 19.9 Å². The van der Waals surface area contributed by atoms with Gasteiger partial charge in [-0.25, -0.2) is 0 Å². The fourth-order valence-electron chi connectivity index (χ4n) is 2.05. The van der Waals surface area contributed by atoms with Gasteiger partial charge in [-0.15, -0.1) is 0 Å². The summed E-state index contributed by atoms with van der Waals surface area (Å²) < 4.78 is 0. The second kappa shape index (κ2) is 4.82. The van der Waals surface area contributed by atoms with E-state index in [4.69, 9.17) is 23.2 Å². The van der Waals surface area contributed by atoms with Crippen molar-refractivity contribution in [1.82, 2.24) is 5.32 Å². The van der Waals surface area contributed by atoms with Gasteiger partial charge in [-0.1, -0.05) is 23.2 Å². The summed E-state index contributed by atoms with van der Waals surface area (Å²) in [5.41, 5.74) is 2.07. The van der Waals surface area contributed by atoms with Crippen molar-refractivity contribution < 1.29 is 0 Å². The maximum absolute atomic E-state index is 6.28. The highest BCUT2D eigenvalue weighted by atomic mass is 35.5. The fraction of sp³-hybridized carbons (Fsp3) is 0.500. The lowest BCUT2D eigenvalue weighted by Crippen LogP contribution is -2.50. The van der Waals surface area contributed by atoms with Crippen molar-refractivity contribution in [3.05, 3.63) is 27.7 Å². The van der Waals surface area contributed by atoms with Crippen LogP contribution < -0.4 is 10.2 Å². The van der Waals surface area contributed by atoms with Crippen LogP contribution in [0.15, 0.2) is 12.1 Å². The van der Waals surface area contributed by atoms with E-state index >= 15 is 0 Å². The first-order valence-electron chi connectivity index (χ1n) is 5.52. The lowest BCUT2D eigenvalue weighted by Gasteiger charge is -2.36. The Labute approximate surface area is 107 Å². The number of hydrogen-bond acceptors (Lipinski definition) is 2. The number of hydrogen-bond donors (Lipinski definition) is 1. The van der Waals surface area contributed by atoms with E-state index < -0.39 is 0 Å². The van der Waals surface area contributed by atoms with E-state index in [2.05, 4.69) is 17.1 Å². The first-order valence-corrected chi connectivity index (χ1v) is 6.28. The molecule has 1 aromatic rings. The van der Waals surface area contributed by atoms with Crippen LogP contribution in [0.4, 0.5) is 5.69 Å². The van der Waals surface area contributed by atoms with Crippen LogP contribution in [0.25, 0.3) is 0 Å². The van der Waals surface area contributed by atoms with Gasteiger partial charge in [-0.2, -0.15) is 0 Å². The van der Waals surface area contributed by atoms with E-state index in [1.807, 2.05) is 19.1 Å². The minimum atomic E-state index is 0.449. The molecule has 2 rings (SSSR count). The van der Waals surface area contributed by atoms with Gasteiger partial charge in [0.15, 0.2) is 0 Å². The third kappa shape index (κ3) is 2.29. The first kappa shape index (κ1) is 12.0. The molecule has 1 N–H and O–H groups in total. The van der Waals surface area contributed by atoms with Gasteiger partial charge < -0.3 is 10.2 Å². The Morgan fingerprint density at radius 2 is 2.06 bits per heavy atom. The molecule has 88 valence electrons. The molecule has 1 aliphatic rings. The Kier molecular flexibility index (Phi) is 3.63. The number of anilines is 1. The van der Waals surface area contributed by atoms with Gasteiger partial charge >= 0.3 is 0 Å². The molecule has 1 fully saturated rings. The Balaban J connectivity index is 2.35. The summed E-state index contributed by atoms with van der Waals surface area (Å²) in [6.45, 7) is 7.11. The molecular formula is C12H16Cl2N2. The van der Waals surface area contributed by atoms with Crippen LogP contribution >= 0.6 is 23.2 Å². The molecule has 0 bridgehead atoms. The molecule has 1 saturated heterocycles. The highest BCUT2D eigenvalue weighted by Gasteiger charge is 2.20. The average molecular weight is 259 g/mol. The van der Waals surface area contributed by atoms with Crippen molar-refractivity contribution in [2.24, 2.45) is 0 Å². The number of nitrogens with one attached hydrogen (secondary N) is 1. The monoisotopic (exact) mass is 258 g/mol. The van der Waals surface area contributed by atoms with Gasteiger partial charge in [-0.05, 0) is 31.5 Å². The minimum Gasteiger partial charge on any atom is -0.365 e. The Morgan fingerprint density at radius 1 is 1.31 bits per heavy atom. The van der Waals surface area contributed by atoms with Gasteiger partial charge in [0.1, 0.15) is 0 Å². The summed E-state index contributed by atoms with van der Waals surface area (Å²) in [7, 11) is 0.